The van der Waals surface area contributed by atoms with Crippen molar-refractivity contribution in [1.82, 2.24) is 0 Å². The first kappa shape index (κ1) is 22.3. The van der Waals surface area contributed by atoms with Crippen LogP contribution >= 0.6 is 27.5 Å². The van der Waals surface area contributed by atoms with Crippen LogP contribution in [0.25, 0.3) is 0 Å². The van der Waals surface area contributed by atoms with Gasteiger partial charge in [0.15, 0.2) is 0 Å². The maximum absolute atomic E-state index is 13.3. The highest BCUT2D eigenvalue weighted by Crippen LogP contribution is 2.27. The van der Waals surface area contributed by atoms with Crippen molar-refractivity contribution >= 4 is 54.8 Å². The van der Waals surface area contributed by atoms with Gasteiger partial charge >= 0.3 is 0 Å². The lowest BCUT2D eigenvalue weighted by Crippen LogP contribution is -2.38. The zero-order chi connectivity index (χ0) is 21.9. The van der Waals surface area contributed by atoms with E-state index < -0.39 is 22.5 Å². The summed E-state index contributed by atoms with van der Waals surface area (Å²) < 4.78 is 28.7. The summed E-state index contributed by atoms with van der Waals surface area (Å²) in [5.41, 5.74) is 2.78. The molecule has 5 nitrogen and oxygen atoms in total. The lowest BCUT2D eigenvalue weighted by atomic mass is 10.2. The second-order valence-electron chi connectivity index (χ2n) is 6.82. The van der Waals surface area contributed by atoms with Crippen molar-refractivity contribution in [2.45, 2.75) is 18.7 Å². The van der Waals surface area contributed by atoms with Crippen molar-refractivity contribution in [2.24, 2.45) is 0 Å². The van der Waals surface area contributed by atoms with Crippen molar-refractivity contribution in [3.63, 3.8) is 0 Å². The molecule has 0 unspecified atom stereocenters. The van der Waals surface area contributed by atoms with Crippen molar-refractivity contribution in [3.05, 3.63) is 87.4 Å². The SMILES string of the molecule is Cc1ccc(S(=O)(=O)N(CC(=O)Nc2ccc(Br)c(C)c2)c2cccc(Cl)c2)cc1. The van der Waals surface area contributed by atoms with Gasteiger partial charge < -0.3 is 5.32 Å². The molecule has 3 rings (SSSR count). The number of carbonyl (C=O) groups excluding carboxylic acids is 1. The molecule has 0 aliphatic heterocycles. The number of anilines is 2. The number of nitrogens with one attached hydrogen (secondary N) is 1. The van der Waals surface area contributed by atoms with Gasteiger partial charge in [-0.3, -0.25) is 9.10 Å². The molecule has 0 aliphatic carbocycles. The summed E-state index contributed by atoms with van der Waals surface area (Å²) >= 11 is 9.50. The zero-order valence-corrected chi connectivity index (χ0v) is 19.6. The summed E-state index contributed by atoms with van der Waals surface area (Å²) in [6.07, 6.45) is 0. The van der Waals surface area contributed by atoms with Gasteiger partial charge in [-0.2, -0.15) is 0 Å². The molecule has 0 saturated heterocycles. The van der Waals surface area contributed by atoms with E-state index in [1.807, 2.05) is 19.9 Å². The first-order chi connectivity index (χ1) is 14.2. The van der Waals surface area contributed by atoms with E-state index in [-0.39, 0.29) is 4.90 Å². The fraction of sp³-hybridized carbons (Fsp3) is 0.136. The van der Waals surface area contributed by atoms with Crippen LogP contribution in [0.1, 0.15) is 11.1 Å². The van der Waals surface area contributed by atoms with Gasteiger partial charge in [0.05, 0.1) is 10.6 Å². The maximum Gasteiger partial charge on any atom is 0.264 e. The summed E-state index contributed by atoms with van der Waals surface area (Å²) in [4.78, 5) is 12.8. The van der Waals surface area contributed by atoms with Gasteiger partial charge in [-0.1, -0.05) is 51.3 Å². The molecule has 0 spiro atoms. The minimum Gasteiger partial charge on any atom is -0.325 e. The van der Waals surface area contributed by atoms with Crippen LogP contribution in [0.4, 0.5) is 11.4 Å². The molecule has 0 saturated carbocycles. The Morgan fingerprint density at radius 3 is 2.37 bits per heavy atom. The Morgan fingerprint density at radius 2 is 1.73 bits per heavy atom. The van der Waals surface area contributed by atoms with Crippen molar-refractivity contribution in [2.75, 3.05) is 16.2 Å². The van der Waals surface area contributed by atoms with Crippen LogP contribution in [0.15, 0.2) is 76.1 Å². The molecule has 0 atom stereocenters. The minimum atomic E-state index is -3.98. The molecule has 0 bridgehead atoms. The van der Waals surface area contributed by atoms with E-state index in [4.69, 9.17) is 11.6 Å². The predicted molar refractivity (Wildman–Crippen MR) is 125 cm³/mol. The number of rotatable bonds is 6. The molecule has 0 aliphatic rings. The molecule has 156 valence electrons. The van der Waals surface area contributed by atoms with Crippen LogP contribution in [-0.4, -0.2) is 20.9 Å². The van der Waals surface area contributed by atoms with Crippen LogP contribution in [0, 0.1) is 13.8 Å². The predicted octanol–water partition coefficient (Wildman–Crippen LogP) is 5.55. The van der Waals surface area contributed by atoms with Crippen LogP contribution < -0.4 is 9.62 Å². The summed E-state index contributed by atoms with van der Waals surface area (Å²) in [5.74, 6) is -0.465. The second-order valence-corrected chi connectivity index (χ2v) is 9.97. The molecule has 0 fully saturated rings. The topological polar surface area (TPSA) is 66.5 Å². The summed E-state index contributed by atoms with van der Waals surface area (Å²) in [6, 6.07) is 18.3. The zero-order valence-electron chi connectivity index (χ0n) is 16.4. The van der Waals surface area contributed by atoms with Gasteiger partial charge in [-0.15, -0.1) is 0 Å². The molecule has 1 amide bonds. The maximum atomic E-state index is 13.3. The van der Waals surface area contributed by atoms with Crippen LogP contribution in [0.3, 0.4) is 0 Å². The summed E-state index contributed by atoms with van der Waals surface area (Å²) in [5, 5.41) is 3.13. The molecular weight excluding hydrogens is 488 g/mol. The van der Waals surface area contributed by atoms with E-state index in [1.165, 1.54) is 18.2 Å². The van der Waals surface area contributed by atoms with E-state index in [2.05, 4.69) is 21.2 Å². The molecule has 3 aromatic rings. The van der Waals surface area contributed by atoms with Gasteiger partial charge in [-0.05, 0) is 67.9 Å². The molecule has 0 heterocycles. The number of aryl methyl sites for hydroxylation is 2. The van der Waals surface area contributed by atoms with Crippen molar-refractivity contribution in [1.29, 1.82) is 0 Å². The van der Waals surface area contributed by atoms with Gasteiger partial charge in [-0.25, -0.2) is 8.42 Å². The fourth-order valence-corrected chi connectivity index (χ4v) is 4.68. The van der Waals surface area contributed by atoms with Crippen LogP contribution in [0.5, 0.6) is 0 Å². The summed E-state index contributed by atoms with van der Waals surface area (Å²) in [7, 11) is -3.98. The Labute approximate surface area is 189 Å². The standard InChI is InChI=1S/C22H20BrClN2O3S/c1-15-6-9-20(10-7-15)30(28,29)26(19-5-3-4-17(24)13-19)14-22(27)25-18-8-11-21(23)16(2)12-18/h3-13H,14H2,1-2H3,(H,25,27). The van der Waals surface area contributed by atoms with Gasteiger partial charge in [0.25, 0.3) is 10.0 Å². The second kappa shape index (κ2) is 9.20. The molecular formula is C22H20BrClN2O3S. The largest absolute Gasteiger partial charge is 0.325 e. The third-order valence-electron chi connectivity index (χ3n) is 4.43. The van der Waals surface area contributed by atoms with Gasteiger partial charge in [0, 0.05) is 15.2 Å². The Balaban J connectivity index is 1.94. The number of sulfonamides is 1. The number of hydrogen-bond acceptors (Lipinski definition) is 3. The van der Waals surface area contributed by atoms with E-state index in [9.17, 15) is 13.2 Å². The number of hydrogen-bond donors (Lipinski definition) is 1. The number of benzene rings is 3. The average molecular weight is 508 g/mol. The molecule has 3 aromatic carbocycles. The molecule has 1 N–H and O–H groups in total. The molecule has 0 radical (unpaired) electrons. The Hall–Kier alpha value is -2.35. The summed E-state index contributed by atoms with van der Waals surface area (Å²) in [6.45, 7) is 3.38. The van der Waals surface area contributed by atoms with E-state index in [0.29, 0.717) is 16.4 Å². The Morgan fingerprint density at radius 1 is 1.03 bits per heavy atom. The fourth-order valence-electron chi connectivity index (χ4n) is 2.84. The monoisotopic (exact) mass is 506 g/mol. The molecule has 8 heteroatoms. The normalized spacial score (nSPS) is 11.2. The number of nitrogens with zero attached hydrogens (tertiary/aromatic N) is 1. The number of carbonyl (C=O) groups is 1. The smallest absolute Gasteiger partial charge is 0.264 e. The van der Waals surface area contributed by atoms with E-state index in [0.717, 1.165) is 19.9 Å². The van der Waals surface area contributed by atoms with E-state index in [1.54, 1.807) is 42.5 Å². The highest BCUT2D eigenvalue weighted by atomic mass is 79.9. The van der Waals surface area contributed by atoms with Crippen LogP contribution in [-0.2, 0) is 14.8 Å². The highest BCUT2D eigenvalue weighted by Gasteiger charge is 2.27. The first-order valence-electron chi connectivity index (χ1n) is 9.08. The van der Waals surface area contributed by atoms with Gasteiger partial charge in [0.2, 0.25) is 5.91 Å². The quantitative estimate of drug-likeness (QED) is 0.475. The Bertz CT molecular complexity index is 1180. The third-order valence-corrected chi connectivity index (χ3v) is 7.35. The van der Waals surface area contributed by atoms with E-state index >= 15 is 0 Å². The molecule has 0 aromatic heterocycles. The van der Waals surface area contributed by atoms with Crippen molar-refractivity contribution in [3.8, 4) is 0 Å². The number of amides is 1. The van der Waals surface area contributed by atoms with Crippen molar-refractivity contribution < 1.29 is 13.2 Å². The lowest BCUT2D eigenvalue weighted by molar-refractivity contribution is -0.114. The Kier molecular flexibility index (Phi) is 6.85. The highest BCUT2D eigenvalue weighted by molar-refractivity contribution is 9.10. The van der Waals surface area contributed by atoms with Gasteiger partial charge in [0.1, 0.15) is 6.54 Å². The average Bonchev–Trinajstić information content (AvgIpc) is 2.69. The lowest BCUT2D eigenvalue weighted by Gasteiger charge is -2.24. The number of halogens is 2. The minimum absolute atomic E-state index is 0.0976. The molecule has 30 heavy (non-hydrogen) atoms. The first-order valence-corrected chi connectivity index (χ1v) is 11.7. The third kappa shape index (κ3) is 5.22. The van der Waals surface area contributed by atoms with Crippen LogP contribution in [0.2, 0.25) is 5.02 Å².